The summed E-state index contributed by atoms with van der Waals surface area (Å²) in [6.07, 6.45) is 5.99. The smallest absolute Gasteiger partial charge is 0.191 e. The van der Waals surface area contributed by atoms with Gasteiger partial charge in [-0.05, 0) is 44.4 Å². The monoisotopic (exact) mass is 430 g/mol. The van der Waals surface area contributed by atoms with Crippen molar-refractivity contribution in [2.24, 2.45) is 4.99 Å². The molecule has 2 heterocycles. The molecule has 1 saturated heterocycles. The first-order valence-electron chi connectivity index (χ1n) is 11.2. The van der Waals surface area contributed by atoms with Gasteiger partial charge in [-0.15, -0.1) is 0 Å². The highest BCUT2D eigenvalue weighted by Crippen LogP contribution is 2.22. The van der Waals surface area contributed by atoms with Crippen LogP contribution in [-0.2, 0) is 11.3 Å². The van der Waals surface area contributed by atoms with Crippen LogP contribution in [0.5, 0.6) is 0 Å². The molecule has 1 unspecified atom stereocenters. The van der Waals surface area contributed by atoms with E-state index >= 15 is 0 Å². The maximum absolute atomic E-state index is 13.4. The van der Waals surface area contributed by atoms with Crippen molar-refractivity contribution in [3.05, 3.63) is 53.9 Å². The highest BCUT2D eigenvalue weighted by Gasteiger charge is 2.22. The first kappa shape index (κ1) is 23.2. The molecular weight excluding hydrogens is 395 g/mol. The minimum absolute atomic E-state index is 0.101. The van der Waals surface area contributed by atoms with E-state index in [9.17, 15) is 4.39 Å². The summed E-state index contributed by atoms with van der Waals surface area (Å²) in [6.45, 7) is 10.5. The predicted molar refractivity (Wildman–Crippen MR) is 122 cm³/mol. The maximum atomic E-state index is 13.4. The van der Waals surface area contributed by atoms with Crippen molar-refractivity contribution in [1.29, 1.82) is 0 Å². The second kappa shape index (κ2) is 12.4. The Hall–Kier alpha value is -2.45. The molecule has 3 rings (SSSR count). The normalized spacial score (nSPS) is 16.3. The van der Waals surface area contributed by atoms with Crippen LogP contribution in [0.15, 0.2) is 41.7 Å². The first-order chi connectivity index (χ1) is 15.2. The van der Waals surface area contributed by atoms with Crippen LogP contribution in [0.4, 0.5) is 4.39 Å². The topological polar surface area (TPSA) is 66.7 Å². The Morgan fingerprint density at radius 3 is 2.65 bits per heavy atom. The molecule has 8 heteroatoms. The average Bonchev–Trinajstić information content (AvgIpc) is 3.20. The van der Waals surface area contributed by atoms with Crippen molar-refractivity contribution in [3.63, 3.8) is 0 Å². The second-order valence-corrected chi connectivity index (χ2v) is 7.74. The van der Waals surface area contributed by atoms with Gasteiger partial charge in [-0.2, -0.15) is 0 Å². The lowest BCUT2D eigenvalue weighted by molar-refractivity contribution is 0.0179. The van der Waals surface area contributed by atoms with Crippen molar-refractivity contribution in [2.75, 3.05) is 45.9 Å². The summed E-state index contributed by atoms with van der Waals surface area (Å²) in [6, 6.07) is 6.88. The van der Waals surface area contributed by atoms with Crippen LogP contribution in [0.1, 0.15) is 37.2 Å². The lowest BCUT2D eigenvalue weighted by atomic mass is 10.0. The number of benzene rings is 1. The molecular formula is C23H35FN6O. The number of halogens is 1. The summed E-state index contributed by atoms with van der Waals surface area (Å²) in [5, 5.41) is 6.78. The number of imidazole rings is 1. The van der Waals surface area contributed by atoms with E-state index in [0.29, 0.717) is 6.54 Å². The Labute approximate surface area is 184 Å². The van der Waals surface area contributed by atoms with Crippen LogP contribution in [0.25, 0.3) is 0 Å². The Morgan fingerprint density at radius 2 is 1.97 bits per heavy atom. The van der Waals surface area contributed by atoms with Crippen molar-refractivity contribution in [2.45, 2.75) is 39.3 Å². The standard InChI is InChI=1S/C23H35FN6O/c1-3-25-23(27-10-4-5-12-29-13-11-26-19(29)2)28-18-22(30-14-16-31-17-15-30)20-6-8-21(24)9-7-20/h6-9,11,13,22H,3-5,10,12,14-18H2,1-2H3,(H2,25,27,28). The summed E-state index contributed by atoms with van der Waals surface area (Å²) in [4.78, 5) is 11.5. The largest absolute Gasteiger partial charge is 0.379 e. The minimum Gasteiger partial charge on any atom is -0.379 e. The molecule has 31 heavy (non-hydrogen) atoms. The van der Waals surface area contributed by atoms with Gasteiger partial charge in [-0.3, -0.25) is 9.89 Å². The van der Waals surface area contributed by atoms with Crippen molar-refractivity contribution in [1.82, 2.24) is 25.1 Å². The van der Waals surface area contributed by atoms with Gasteiger partial charge in [0.05, 0.1) is 25.8 Å². The molecule has 0 aliphatic carbocycles. The molecule has 0 amide bonds. The number of hydrogen-bond acceptors (Lipinski definition) is 4. The first-order valence-corrected chi connectivity index (χ1v) is 11.2. The molecule has 1 aromatic heterocycles. The van der Waals surface area contributed by atoms with Crippen LogP contribution in [0.3, 0.4) is 0 Å². The second-order valence-electron chi connectivity index (χ2n) is 7.74. The third-order valence-electron chi connectivity index (χ3n) is 5.55. The van der Waals surface area contributed by atoms with Crippen molar-refractivity contribution in [3.8, 4) is 0 Å². The van der Waals surface area contributed by atoms with Gasteiger partial charge >= 0.3 is 0 Å². The summed E-state index contributed by atoms with van der Waals surface area (Å²) < 4.78 is 21.1. The zero-order valence-corrected chi connectivity index (χ0v) is 18.7. The molecule has 170 valence electrons. The number of nitrogens with zero attached hydrogens (tertiary/aromatic N) is 4. The van der Waals surface area contributed by atoms with E-state index in [1.54, 1.807) is 0 Å². The van der Waals surface area contributed by atoms with Crippen LogP contribution in [0, 0.1) is 12.7 Å². The number of ether oxygens (including phenoxy) is 1. The number of aromatic nitrogens is 2. The lowest BCUT2D eigenvalue weighted by Crippen LogP contribution is -2.42. The molecule has 1 aliphatic heterocycles. The van der Waals surface area contributed by atoms with E-state index in [0.717, 1.165) is 76.1 Å². The summed E-state index contributed by atoms with van der Waals surface area (Å²) in [5.41, 5.74) is 1.08. The molecule has 2 N–H and O–H groups in total. The van der Waals surface area contributed by atoms with E-state index in [-0.39, 0.29) is 11.9 Å². The number of unbranched alkanes of at least 4 members (excludes halogenated alkanes) is 1. The number of aryl methyl sites for hydroxylation is 2. The van der Waals surface area contributed by atoms with Gasteiger partial charge in [0.25, 0.3) is 0 Å². The maximum Gasteiger partial charge on any atom is 0.191 e. The number of aliphatic imine (C=N–C) groups is 1. The quantitative estimate of drug-likeness (QED) is 0.345. The number of hydrogen-bond donors (Lipinski definition) is 2. The molecule has 1 aliphatic rings. The van der Waals surface area contributed by atoms with E-state index < -0.39 is 0 Å². The van der Waals surface area contributed by atoms with Gasteiger partial charge in [-0.1, -0.05) is 12.1 Å². The van der Waals surface area contributed by atoms with Crippen LogP contribution >= 0.6 is 0 Å². The van der Waals surface area contributed by atoms with Gasteiger partial charge in [0.2, 0.25) is 0 Å². The summed E-state index contributed by atoms with van der Waals surface area (Å²) in [5.74, 6) is 1.66. The average molecular weight is 431 g/mol. The van der Waals surface area contributed by atoms with Gasteiger partial charge < -0.3 is 19.9 Å². The van der Waals surface area contributed by atoms with E-state index in [4.69, 9.17) is 9.73 Å². The van der Waals surface area contributed by atoms with E-state index in [1.807, 2.05) is 31.5 Å². The fourth-order valence-corrected chi connectivity index (χ4v) is 3.78. The molecule has 0 spiro atoms. The predicted octanol–water partition coefficient (Wildman–Crippen LogP) is 2.74. The molecule has 0 saturated carbocycles. The zero-order valence-electron chi connectivity index (χ0n) is 18.7. The van der Waals surface area contributed by atoms with Gasteiger partial charge in [0.1, 0.15) is 11.6 Å². The lowest BCUT2D eigenvalue weighted by Gasteiger charge is -2.34. The summed E-state index contributed by atoms with van der Waals surface area (Å²) in [7, 11) is 0. The molecule has 0 bridgehead atoms. The molecule has 7 nitrogen and oxygen atoms in total. The van der Waals surface area contributed by atoms with Crippen LogP contribution in [-0.4, -0.2) is 66.3 Å². The Bertz CT molecular complexity index is 801. The Balaban J connectivity index is 1.55. The van der Waals surface area contributed by atoms with Gasteiger partial charge in [0.15, 0.2) is 5.96 Å². The number of nitrogens with one attached hydrogen (secondary N) is 2. The van der Waals surface area contributed by atoms with E-state index in [2.05, 4.69) is 32.0 Å². The minimum atomic E-state index is -0.214. The van der Waals surface area contributed by atoms with Gasteiger partial charge in [-0.25, -0.2) is 9.37 Å². The van der Waals surface area contributed by atoms with Gasteiger partial charge in [0, 0.05) is 45.1 Å². The van der Waals surface area contributed by atoms with Crippen LogP contribution in [0.2, 0.25) is 0 Å². The van der Waals surface area contributed by atoms with Crippen molar-refractivity contribution < 1.29 is 9.13 Å². The number of rotatable bonds is 10. The van der Waals surface area contributed by atoms with E-state index in [1.165, 1.54) is 12.1 Å². The number of morpholine rings is 1. The fraction of sp³-hybridized carbons (Fsp3) is 0.565. The Morgan fingerprint density at radius 1 is 1.19 bits per heavy atom. The summed E-state index contributed by atoms with van der Waals surface area (Å²) >= 11 is 0. The molecule has 0 radical (unpaired) electrons. The number of guanidine groups is 1. The molecule has 1 aromatic carbocycles. The Kier molecular flexibility index (Phi) is 9.30. The third-order valence-corrected chi connectivity index (χ3v) is 5.55. The molecule has 1 fully saturated rings. The zero-order chi connectivity index (χ0) is 21.9. The molecule has 2 aromatic rings. The highest BCUT2D eigenvalue weighted by molar-refractivity contribution is 5.79. The fourth-order valence-electron chi connectivity index (χ4n) is 3.78. The van der Waals surface area contributed by atoms with Crippen LogP contribution < -0.4 is 10.6 Å². The van der Waals surface area contributed by atoms with Crippen molar-refractivity contribution >= 4 is 5.96 Å². The SMILES string of the molecule is CCNC(=NCC(c1ccc(F)cc1)N1CCOCC1)NCCCCn1ccnc1C. The third kappa shape index (κ3) is 7.33. The highest BCUT2D eigenvalue weighted by atomic mass is 19.1. The molecule has 1 atom stereocenters.